The molecule has 0 spiro atoms. The number of amides is 1. The van der Waals surface area contributed by atoms with Crippen molar-refractivity contribution in [2.75, 3.05) is 18.5 Å². The number of hydrazine groups is 1. The number of hydrogen-bond acceptors (Lipinski definition) is 4. The number of pyridine rings is 1. The molecule has 1 amide bonds. The number of likely N-dealkylation sites (tertiary alicyclic amines) is 1. The Morgan fingerprint density at radius 3 is 2.79 bits per heavy atom. The topological polar surface area (TPSA) is 71.2 Å². The van der Waals surface area contributed by atoms with Gasteiger partial charge in [0.1, 0.15) is 0 Å². The smallest absolute Gasteiger partial charge is 0.257 e. The lowest BCUT2D eigenvalue weighted by atomic mass is 9.94. The number of hydrogen-bond donors (Lipinski definition) is 2. The van der Waals surface area contributed by atoms with E-state index in [1.54, 1.807) is 12.3 Å². The molecular formula is C14H22N4O. The van der Waals surface area contributed by atoms with E-state index in [-0.39, 0.29) is 5.91 Å². The van der Waals surface area contributed by atoms with Crippen molar-refractivity contribution >= 4 is 11.6 Å². The molecule has 1 fully saturated rings. The van der Waals surface area contributed by atoms with Gasteiger partial charge < -0.3 is 10.3 Å². The minimum absolute atomic E-state index is 0.0232. The summed E-state index contributed by atoms with van der Waals surface area (Å²) in [5.41, 5.74) is 4.64. The number of carbonyl (C=O) groups excluding carboxylic acids is 1. The molecule has 1 aromatic rings. The van der Waals surface area contributed by atoms with Crippen LogP contribution < -0.4 is 11.3 Å². The highest BCUT2D eigenvalue weighted by Gasteiger charge is 2.24. The maximum atomic E-state index is 12.5. The lowest BCUT2D eigenvalue weighted by Crippen LogP contribution is -2.38. The predicted octanol–water partition coefficient (Wildman–Crippen LogP) is 1.94. The molecule has 0 atom stereocenters. The molecule has 1 saturated heterocycles. The van der Waals surface area contributed by atoms with Gasteiger partial charge >= 0.3 is 0 Å². The van der Waals surface area contributed by atoms with E-state index in [1.807, 2.05) is 11.8 Å². The summed E-state index contributed by atoms with van der Waals surface area (Å²) in [5, 5.41) is 0. The second-order valence-corrected chi connectivity index (χ2v) is 5.16. The Hall–Kier alpha value is -1.62. The van der Waals surface area contributed by atoms with Crippen molar-refractivity contribution in [3.8, 4) is 0 Å². The van der Waals surface area contributed by atoms with Crippen molar-refractivity contribution in [1.82, 2.24) is 9.88 Å². The molecule has 1 aliphatic rings. The van der Waals surface area contributed by atoms with Crippen LogP contribution >= 0.6 is 0 Å². The van der Waals surface area contributed by atoms with E-state index in [0.717, 1.165) is 37.5 Å². The Bertz CT molecular complexity index is 453. The minimum Gasteiger partial charge on any atom is -0.339 e. The Morgan fingerprint density at radius 1 is 1.53 bits per heavy atom. The zero-order chi connectivity index (χ0) is 13.8. The monoisotopic (exact) mass is 262 g/mol. The number of aryl methyl sites for hydroxylation is 1. The minimum atomic E-state index is 0.0232. The van der Waals surface area contributed by atoms with E-state index in [1.165, 1.54) is 6.42 Å². The number of nitrogen functional groups attached to an aromatic ring is 1. The molecule has 3 N–H and O–H groups in total. The van der Waals surface area contributed by atoms with Crippen LogP contribution in [0.25, 0.3) is 0 Å². The van der Waals surface area contributed by atoms with Crippen LogP contribution in [0.1, 0.15) is 42.2 Å². The van der Waals surface area contributed by atoms with Crippen molar-refractivity contribution < 1.29 is 4.79 Å². The molecule has 19 heavy (non-hydrogen) atoms. The third-order valence-corrected chi connectivity index (χ3v) is 3.91. The normalized spacial score (nSPS) is 16.5. The summed E-state index contributed by atoms with van der Waals surface area (Å²) in [6.45, 7) is 5.74. The third-order valence-electron chi connectivity index (χ3n) is 3.91. The highest BCUT2D eigenvalue weighted by atomic mass is 16.2. The van der Waals surface area contributed by atoms with Crippen LogP contribution in [-0.2, 0) is 0 Å². The number of anilines is 1. The van der Waals surface area contributed by atoms with Gasteiger partial charge in [-0.2, -0.15) is 0 Å². The largest absolute Gasteiger partial charge is 0.339 e. The first-order chi connectivity index (χ1) is 9.15. The molecule has 1 aliphatic heterocycles. The summed E-state index contributed by atoms with van der Waals surface area (Å²) < 4.78 is 0. The van der Waals surface area contributed by atoms with Crippen LogP contribution in [-0.4, -0.2) is 28.9 Å². The molecule has 0 saturated carbocycles. The van der Waals surface area contributed by atoms with Crippen LogP contribution in [0.4, 0.5) is 5.69 Å². The van der Waals surface area contributed by atoms with E-state index >= 15 is 0 Å². The predicted molar refractivity (Wildman–Crippen MR) is 75.7 cm³/mol. The molecule has 0 aromatic carbocycles. The van der Waals surface area contributed by atoms with Crippen LogP contribution in [0, 0.1) is 12.8 Å². The summed E-state index contributed by atoms with van der Waals surface area (Å²) >= 11 is 0. The Labute approximate surface area is 114 Å². The van der Waals surface area contributed by atoms with Crippen LogP contribution in [0.5, 0.6) is 0 Å². The standard InChI is InChI=1S/C14H22N4O/c1-3-11-4-6-18(7-5-11)14(19)12-9-16-10(2)8-13(12)17-15/h8-9,11H,3-7,15H2,1-2H3,(H,16,17). The number of aromatic nitrogens is 1. The lowest BCUT2D eigenvalue weighted by Gasteiger charge is -2.31. The maximum Gasteiger partial charge on any atom is 0.257 e. The van der Waals surface area contributed by atoms with Crippen molar-refractivity contribution in [1.29, 1.82) is 0 Å². The van der Waals surface area contributed by atoms with Gasteiger partial charge in [0.25, 0.3) is 5.91 Å². The summed E-state index contributed by atoms with van der Waals surface area (Å²) in [7, 11) is 0. The van der Waals surface area contributed by atoms with Gasteiger partial charge in [0, 0.05) is 25.0 Å². The van der Waals surface area contributed by atoms with Crippen molar-refractivity contribution in [3.63, 3.8) is 0 Å². The van der Waals surface area contributed by atoms with Crippen LogP contribution in [0.3, 0.4) is 0 Å². The van der Waals surface area contributed by atoms with Gasteiger partial charge in [-0.05, 0) is 31.7 Å². The van der Waals surface area contributed by atoms with E-state index in [0.29, 0.717) is 11.3 Å². The zero-order valence-corrected chi connectivity index (χ0v) is 11.6. The molecule has 0 unspecified atom stereocenters. The fourth-order valence-electron chi connectivity index (χ4n) is 2.56. The van der Waals surface area contributed by atoms with Crippen LogP contribution in [0.2, 0.25) is 0 Å². The Kier molecular flexibility index (Phi) is 4.37. The van der Waals surface area contributed by atoms with Gasteiger partial charge in [-0.1, -0.05) is 13.3 Å². The Morgan fingerprint density at radius 2 is 2.21 bits per heavy atom. The van der Waals surface area contributed by atoms with Gasteiger partial charge in [0.2, 0.25) is 0 Å². The van der Waals surface area contributed by atoms with Crippen molar-refractivity contribution in [2.24, 2.45) is 11.8 Å². The zero-order valence-electron chi connectivity index (χ0n) is 11.6. The number of nitrogens with one attached hydrogen (secondary N) is 1. The second-order valence-electron chi connectivity index (χ2n) is 5.16. The van der Waals surface area contributed by atoms with Gasteiger partial charge in [0.15, 0.2) is 0 Å². The first kappa shape index (κ1) is 13.8. The van der Waals surface area contributed by atoms with Gasteiger partial charge in [0.05, 0.1) is 11.3 Å². The Balaban J connectivity index is 2.12. The quantitative estimate of drug-likeness (QED) is 0.645. The molecule has 2 rings (SSSR count). The van der Waals surface area contributed by atoms with Gasteiger partial charge in [-0.15, -0.1) is 0 Å². The highest BCUT2D eigenvalue weighted by molar-refractivity contribution is 5.99. The summed E-state index contributed by atoms with van der Waals surface area (Å²) in [6, 6.07) is 1.80. The summed E-state index contributed by atoms with van der Waals surface area (Å²) in [4.78, 5) is 18.6. The van der Waals surface area contributed by atoms with Crippen molar-refractivity contribution in [3.05, 3.63) is 23.5 Å². The average Bonchev–Trinajstić information content (AvgIpc) is 2.46. The maximum absolute atomic E-state index is 12.5. The average molecular weight is 262 g/mol. The molecule has 5 nitrogen and oxygen atoms in total. The number of nitrogens with two attached hydrogens (primary N) is 1. The third kappa shape index (κ3) is 3.04. The molecule has 2 heterocycles. The van der Waals surface area contributed by atoms with Gasteiger partial charge in [-0.3, -0.25) is 15.6 Å². The van der Waals surface area contributed by atoms with E-state index in [4.69, 9.17) is 5.84 Å². The van der Waals surface area contributed by atoms with Crippen LogP contribution in [0.15, 0.2) is 12.3 Å². The molecule has 0 aliphatic carbocycles. The van der Waals surface area contributed by atoms with Gasteiger partial charge in [-0.25, -0.2) is 0 Å². The van der Waals surface area contributed by atoms with Crippen molar-refractivity contribution in [2.45, 2.75) is 33.1 Å². The lowest BCUT2D eigenvalue weighted by molar-refractivity contribution is 0.0689. The molecule has 0 bridgehead atoms. The molecule has 104 valence electrons. The fraction of sp³-hybridized carbons (Fsp3) is 0.571. The number of carbonyl (C=O) groups is 1. The first-order valence-corrected chi connectivity index (χ1v) is 6.88. The molecule has 0 radical (unpaired) electrons. The van der Waals surface area contributed by atoms with E-state index < -0.39 is 0 Å². The SMILES string of the molecule is CCC1CCN(C(=O)c2cnc(C)cc2NN)CC1. The number of piperidine rings is 1. The van der Waals surface area contributed by atoms with E-state index in [9.17, 15) is 4.79 Å². The number of rotatable bonds is 3. The number of nitrogens with zero attached hydrogens (tertiary/aromatic N) is 2. The summed E-state index contributed by atoms with van der Waals surface area (Å²) in [6.07, 6.45) is 4.99. The molecule has 1 aromatic heterocycles. The highest BCUT2D eigenvalue weighted by Crippen LogP contribution is 2.23. The fourth-order valence-corrected chi connectivity index (χ4v) is 2.56. The summed E-state index contributed by atoms with van der Waals surface area (Å²) in [5.74, 6) is 6.26. The first-order valence-electron chi connectivity index (χ1n) is 6.88. The molecular weight excluding hydrogens is 240 g/mol. The second kappa shape index (κ2) is 6.02. The molecule has 5 heteroatoms. The van der Waals surface area contributed by atoms with E-state index in [2.05, 4.69) is 17.3 Å².